The lowest BCUT2D eigenvalue weighted by molar-refractivity contribution is -0.156. The molecule has 0 spiro atoms. The number of amides is 1. The number of methoxy groups -OCH3 is 1. The van der Waals surface area contributed by atoms with Crippen LogP contribution in [-0.4, -0.2) is 46.2 Å². The van der Waals surface area contributed by atoms with E-state index in [1.807, 2.05) is 0 Å². The van der Waals surface area contributed by atoms with Crippen molar-refractivity contribution >= 4 is 11.9 Å². The molecule has 8 heteroatoms. The molecule has 3 aliphatic rings. The average molecular weight is 440 g/mol. The number of nitrogens with zero attached hydrogens (tertiary/aromatic N) is 2. The highest BCUT2D eigenvalue weighted by Gasteiger charge is 2.58. The molecule has 2 fully saturated rings. The lowest BCUT2D eigenvalue weighted by Crippen LogP contribution is -2.49. The van der Waals surface area contributed by atoms with Crippen molar-refractivity contribution in [1.29, 1.82) is 0 Å². The SMILES string of the molecule is COC(=O)[C@H]1[C@H](CO)[C@H]2Cn3c(ccc(-c4ccc(F)cc4)c3=O)[C@H]2N1C(=O)C1CCC1. The van der Waals surface area contributed by atoms with Crippen LogP contribution in [0.3, 0.4) is 0 Å². The van der Waals surface area contributed by atoms with Crippen molar-refractivity contribution in [2.45, 2.75) is 37.9 Å². The second-order valence-electron chi connectivity index (χ2n) is 8.89. The molecule has 1 aliphatic carbocycles. The van der Waals surface area contributed by atoms with Crippen LogP contribution in [0.2, 0.25) is 0 Å². The number of rotatable bonds is 4. The number of ether oxygens (including phenoxy) is 1. The number of benzene rings is 1. The van der Waals surface area contributed by atoms with E-state index in [-0.39, 0.29) is 35.7 Å². The Hall–Kier alpha value is -3.00. The van der Waals surface area contributed by atoms with Crippen LogP contribution in [0.15, 0.2) is 41.2 Å². The van der Waals surface area contributed by atoms with Crippen LogP contribution in [0.1, 0.15) is 31.0 Å². The molecule has 32 heavy (non-hydrogen) atoms. The summed E-state index contributed by atoms with van der Waals surface area (Å²) in [5.74, 6) is -1.97. The number of aromatic nitrogens is 1. The van der Waals surface area contributed by atoms with E-state index in [9.17, 15) is 23.9 Å². The zero-order valence-corrected chi connectivity index (χ0v) is 17.7. The lowest BCUT2D eigenvalue weighted by Gasteiger charge is -2.35. The Bertz CT molecular complexity index is 1120. The van der Waals surface area contributed by atoms with Crippen LogP contribution in [0.25, 0.3) is 11.1 Å². The zero-order chi connectivity index (χ0) is 22.6. The standard InChI is InChI=1S/C24H25FN2O5/c1-32-24(31)21-18(12-28)17-11-26-19(20(17)27(21)22(29)14-3-2-4-14)10-9-16(23(26)30)13-5-7-15(25)8-6-13/h5-10,14,17-18,20-21,28H,2-4,11-12H2,1H3/t17-,18-,20+,21-/m1/s1. The van der Waals surface area contributed by atoms with E-state index in [4.69, 9.17) is 4.74 Å². The van der Waals surface area contributed by atoms with Crippen LogP contribution in [0, 0.1) is 23.6 Å². The Morgan fingerprint density at radius 3 is 2.47 bits per heavy atom. The molecule has 3 heterocycles. The van der Waals surface area contributed by atoms with Crippen molar-refractivity contribution in [3.63, 3.8) is 0 Å². The van der Waals surface area contributed by atoms with Gasteiger partial charge in [-0.3, -0.25) is 9.59 Å². The summed E-state index contributed by atoms with van der Waals surface area (Å²) in [5, 5.41) is 10.2. The normalized spacial score (nSPS) is 26.4. The molecule has 0 radical (unpaired) electrons. The highest BCUT2D eigenvalue weighted by atomic mass is 19.1. The summed E-state index contributed by atoms with van der Waals surface area (Å²) in [6.07, 6.45) is 2.53. The van der Waals surface area contributed by atoms with Crippen molar-refractivity contribution in [2.24, 2.45) is 17.8 Å². The minimum Gasteiger partial charge on any atom is -0.467 e. The monoisotopic (exact) mass is 440 g/mol. The predicted molar refractivity (Wildman–Crippen MR) is 113 cm³/mol. The molecule has 5 rings (SSSR count). The molecule has 1 saturated heterocycles. The van der Waals surface area contributed by atoms with Crippen molar-refractivity contribution in [2.75, 3.05) is 13.7 Å². The van der Waals surface area contributed by atoms with Gasteiger partial charge >= 0.3 is 5.97 Å². The molecule has 1 amide bonds. The summed E-state index contributed by atoms with van der Waals surface area (Å²) in [6, 6.07) is 7.89. The fourth-order valence-corrected chi connectivity index (χ4v) is 5.53. The van der Waals surface area contributed by atoms with Gasteiger partial charge in [-0.05, 0) is 42.7 Å². The van der Waals surface area contributed by atoms with Crippen molar-refractivity contribution in [3.8, 4) is 11.1 Å². The van der Waals surface area contributed by atoms with Crippen LogP contribution >= 0.6 is 0 Å². The van der Waals surface area contributed by atoms with Gasteiger partial charge in [-0.1, -0.05) is 18.6 Å². The van der Waals surface area contributed by atoms with Gasteiger partial charge in [0.2, 0.25) is 5.91 Å². The number of esters is 1. The summed E-state index contributed by atoms with van der Waals surface area (Å²) < 4.78 is 20.0. The number of pyridine rings is 1. The van der Waals surface area contributed by atoms with Crippen LogP contribution < -0.4 is 5.56 Å². The Balaban J connectivity index is 1.60. The molecule has 0 bridgehead atoms. The Kier molecular flexibility index (Phi) is 5.12. The number of aliphatic hydroxyl groups excluding tert-OH is 1. The smallest absolute Gasteiger partial charge is 0.328 e. The number of halogens is 1. The quantitative estimate of drug-likeness (QED) is 0.736. The first-order chi connectivity index (χ1) is 15.5. The Morgan fingerprint density at radius 1 is 1.16 bits per heavy atom. The topological polar surface area (TPSA) is 88.8 Å². The third-order valence-corrected chi connectivity index (χ3v) is 7.38. The number of fused-ring (bicyclic) bond motifs is 3. The van der Waals surface area contributed by atoms with Gasteiger partial charge in [0.1, 0.15) is 11.9 Å². The highest BCUT2D eigenvalue weighted by Crippen LogP contribution is 2.51. The third-order valence-electron chi connectivity index (χ3n) is 7.38. The van der Waals surface area contributed by atoms with E-state index < -0.39 is 24.0 Å². The molecule has 0 unspecified atom stereocenters. The molecule has 168 valence electrons. The molecule has 2 aliphatic heterocycles. The number of carbonyl (C=O) groups is 2. The van der Waals surface area contributed by atoms with Gasteiger partial charge in [0.15, 0.2) is 0 Å². The van der Waals surface area contributed by atoms with Gasteiger partial charge < -0.3 is 19.3 Å². The second kappa shape index (κ2) is 7.85. The maximum Gasteiger partial charge on any atom is 0.328 e. The van der Waals surface area contributed by atoms with E-state index in [1.54, 1.807) is 33.7 Å². The first-order valence-electron chi connectivity index (χ1n) is 11.0. The Labute approximate surface area is 184 Å². The first-order valence-corrected chi connectivity index (χ1v) is 11.0. The lowest BCUT2D eigenvalue weighted by atomic mass is 9.84. The average Bonchev–Trinajstić information content (AvgIpc) is 3.28. The van der Waals surface area contributed by atoms with Crippen molar-refractivity contribution in [3.05, 3.63) is 58.3 Å². The summed E-state index contributed by atoms with van der Waals surface area (Å²) in [7, 11) is 1.28. The van der Waals surface area contributed by atoms with Crippen molar-refractivity contribution in [1.82, 2.24) is 9.47 Å². The largest absolute Gasteiger partial charge is 0.467 e. The first kappa shape index (κ1) is 20.9. The molecule has 1 saturated carbocycles. The van der Waals surface area contributed by atoms with Crippen LogP contribution in [0.5, 0.6) is 0 Å². The molecule has 1 aromatic heterocycles. The van der Waals surface area contributed by atoms with Crippen LogP contribution in [0.4, 0.5) is 4.39 Å². The minimum absolute atomic E-state index is 0.110. The van der Waals surface area contributed by atoms with Crippen LogP contribution in [-0.2, 0) is 20.9 Å². The number of hydrogen-bond acceptors (Lipinski definition) is 5. The molecular formula is C24H25FN2O5. The number of hydrogen-bond donors (Lipinski definition) is 1. The van der Waals surface area contributed by atoms with E-state index >= 15 is 0 Å². The van der Waals surface area contributed by atoms with Gasteiger partial charge in [0, 0.05) is 42.2 Å². The number of aliphatic hydroxyl groups is 1. The summed E-state index contributed by atoms with van der Waals surface area (Å²) in [6.45, 7) is 0.00394. The van der Waals surface area contributed by atoms with Crippen molar-refractivity contribution < 1.29 is 23.8 Å². The van der Waals surface area contributed by atoms with Gasteiger partial charge in [0.25, 0.3) is 5.56 Å². The predicted octanol–water partition coefficient (Wildman–Crippen LogP) is 2.12. The fourth-order valence-electron chi connectivity index (χ4n) is 5.53. The zero-order valence-electron chi connectivity index (χ0n) is 17.7. The van der Waals surface area contributed by atoms with Gasteiger partial charge in [-0.25, -0.2) is 9.18 Å². The second-order valence-corrected chi connectivity index (χ2v) is 8.89. The molecule has 2 aromatic rings. The summed E-state index contributed by atoms with van der Waals surface area (Å²) in [4.78, 5) is 41.0. The molecule has 1 N–H and O–H groups in total. The molecular weight excluding hydrogens is 415 g/mol. The van der Waals surface area contributed by atoms with E-state index in [0.717, 1.165) is 19.3 Å². The molecule has 1 aromatic carbocycles. The fraction of sp³-hybridized carbons (Fsp3) is 0.458. The summed E-state index contributed by atoms with van der Waals surface area (Å²) in [5.41, 5.74) is 1.47. The van der Waals surface area contributed by atoms with Gasteiger partial charge in [-0.2, -0.15) is 0 Å². The minimum atomic E-state index is -0.867. The highest BCUT2D eigenvalue weighted by molar-refractivity contribution is 5.88. The summed E-state index contributed by atoms with van der Waals surface area (Å²) >= 11 is 0. The molecule has 4 atom stereocenters. The van der Waals surface area contributed by atoms with Gasteiger partial charge in [-0.15, -0.1) is 0 Å². The van der Waals surface area contributed by atoms with E-state index in [1.165, 1.54) is 19.2 Å². The number of likely N-dealkylation sites (tertiary alicyclic amines) is 1. The van der Waals surface area contributed by atoms with Gasteiger partial charge in [0.05, 0.1) is 13.2 Å². The van der Waals surface area contributed by atoms with E-state index in [2.05, 4.69) is 0 Å². The molecule has 7 nitrogen and oxygen atoms in total. The maximum atomic E-state index is 13.4. The Morgan fingerprint density at radius 2 is 1.88 bits per heavy atom. The van der Waals surface area contributed by atoms with E-state index in [0.29, 0.717) is 23.4 Å². The number of carbonyl (C=O) groups excluding carboxylic acids is 2. The maximum absolute atomic E-state index is 13.4. The third kappa shape index (κ3) is 3.00.